The number of phosphoric ester groups is 1. The molecule has 3 unspecified atom stereocenters. The van der Waals surface area contributed by atoms with Gasteiger partial charge in [-0.25, -0.2) is 4.57 Å². The monoisotopic (exact) mass is 994 g/mol. The Morgan fingerprint density at radius 3 is 1.16 bits per heavy atom. The highest BCUT2D eigenvalue weighted by molar-refractivity contribution is 7.47. The SMILES string of the molecule is CCCCCCCCCCCCCCCC/C=C/CC/C=C/CC/C=C/C(O)C(COP(=O)(O)OCC[N+](C)(C)C)NC(=O)CCCCCCCCCCCCCCCCCCCCCCCCC. The van der Waals surface area contributed by atoms with E-state index in [4.69, 9.17) is 9.05 Å². The van der Waals surface area contributed by atoms with E-state index in [1.54, 1.807) is 6.08 Å². The van der Waals surface area contributed by atoms with Gasteiger partial charge in [0, 0.05) is 6.42 Å². The number of aliphatic hydroxyl groups is 1. The lowest BCUT2D eigenvalue weighted by Crippen LogP contribution is -2.45. The smallest absolute Gasteiger partial charge is 0.387 e. The van der Waals surface area contributed by atoms with Gasteiger partial charge in [0.05, 0.1) is 39.9 Å². The molecule has 0 aromatic carbocycles. The van der Waals surface area contributed by atoms with Crippen LogP contribution in [0.5, 0.6) is 0 Å². The van der Waals surface area contributed by atoms with Crippen molar-refractivity contribution in [2.75, 3.05) is 40.9 Å². The van der Waals surface area contributed by atoms with Crippen LogP contribution in [-0.2, 0) is 18.4 Å². The van der Waals surface area contributed by atoms with Crippen LogP contribution in [0, 0.1) is 0 Å². The van der Waals surface area contributed by atoms with E-state index in [0.717, 1.165) is 44.9 Å². The molecule has 408 valence electrons. The molecule has 0 bridgehead atoms. The van der Waals surface area contributed by atoms with Gasteiger partial charge in [-0.05, 0) is 44.9 Å². The topological polar surface area (TPSA) is 105 Å². The minimum Gasteiger partial charge on any atom is -0.387 e. The third kappa shape index (κ3) is 54.3. The molecule has 3 atom stereocenters. The zero-order valence-corrected chi connectivity index (χ0v) is 47.5. The summed E-state index contributed by atoms with van der Waals surface area (Å²) in [5.74, 6) is -0.185. The fraction of sp³-hybridized carbons (Fsp3) is 0.883. The average Bonchev–Trinajstić information content (AvgIpc) is 3.31. The molecule has 0 aliphatic heterocycles. The molecule has 0 radical (unpaired) electrons. The predicted molar refractivity (Wildman–Crippen MR) is 300 cm³/mol. The molecule has 0 aromatic heterocycles. The Labute approximate surface area is 429 Å². The maximum atomic E-state index is 13.0. The summed E-state index contributed by atoms with van der Waals surface area (Å²) in [5, 5.41) is 13.9. The molecule has 0 rings (SSSR count). The number of rotatable bonds is 55. The minimum absolute atomic E-state index is 0.0552. The van der Waals surface area contributed by atoms with Crippen molar-refractivity contribution in [3.63, 3.8) is 0 Å². The van der Waals surface area contributed by atoms with E-state index < -0.39 is 20.0 Å². The summed E-state index contributed by atoms with van der Waals surface area (Å²) in [5.41, 5.74) is 0. The third-order valence-electron chi connectivity index (χ3n) is 13.6. The van der Waals surface area contributed by atoms with E-state index in [1.807, 2.05) is 27.2 Å². The summed E-state index contributed by atoms with van der Waals surface area (Å²) in [6.07, 6.45) is 66.9. The van der Waals surface area contributed by atoms with Gasteiger partial charge in [-0.3, -0.25) is 13.8 Å². The fourth-order valence-corrected chi connectivity index (χ4v) is 9.64. The van der Waals surface area contributed by atoms with E-state index in [9.17, 15) is 19.4 Å². The van der Waals surface area contributed by atoms with E-state index in [0.29, 0.717) is 17.4 Å². The van der Waals surface area contributed by atoms with Crippen LogP contribution in [0.3, 0.4) is 0 Å². The highest BCUT2D eigenvalue weighted by Crippen LogP contribution is 2.43. The second kappa shape index (κ2) is 51.6. The predicted octanol–water partition coefficient (Wildman–Crippen LogP) is 18.2. The number of carbonyl (C=O) groups excluding carboxylic acids is 1. The first-order valence-corrected chi connectivity index (χ1v) is 31.4. The molecule has 0 aliphatic carbocycles. The van der Waals surface area contributed by atoms with Crippen molar-refractivity contribution in [1.29, 1.82) is 0 Å². The molecule has 1 amide bonds. The fourth-order valence-electron chi connectivity index (χ4n) is 8.90. The average molecular weight is 995 g/mol. The molecule has 0 fully saturated rings. The number of nitrogens with one attached hydrogen (secondary N) is 1. The van der Waals surface area contributed by atoms with Gasteiger partial charge in [-0.2, -0.15) is 0 Å². The van der Waals surface area contributed by atoms with Gasteiger partial charge in [0.25, 0.3) is 0 Å². The summed E-state index contributed by atoms with van der Waals surface area (Å²) >= 11 is 0. The second-order valence-corrected chi connectivity index (χ2v) is 23.2. The maximum Gasteiger partial charge on any atom is 0.472 e. The first-order valence-electron chi connectivity index (χ1n) is 29.9. The normalized spacial score (nSPS) is 14.1. The van der Waals surface area contributed by atoms with Gasteiger partial charge in [0.1, 0.15) is 13.2 Å². The summed E-state index contributed by atoms with van der Waals surface area (Å²) in [7, 11) is 1.56. The zero-order valence-electron chi connectivity index (χ0n) is 46.6. The van der Waals surface area contributed by atoms with Crippen LogP contribution < -0.4 is 5.32 Å². The van der Waals surface area contributed by atoms with Crippen LogP contribution in [-0.4, -0.2) is 73.4 Å². The number of amides is 1. The van der Waals surface area contributed by atoms with Crippen molar-refractivity contribution >= 4 is 13.7 Å². The van der Waals surface area contributed by atoms with Crippen molar-refractivity contribution in [2.45, 2.75) is 302 Å². The molecule has 3 N–H and O–H groups in total. The molecule has 0 aliphatic rings. The van der Waals surface area contributed by atoms with E-state index >= 15 is 0 Å². The largest absolute Gasteiger partial charge is 0.472 e. The molecular weight excluding hydrogens is 876 g/mol. The van der Waals surface area contributed by atoms with Crippen LogP contribution in [0.2, 0.25) is 0 Å². The molecule has 0 heterocycles. The quantitative estimate of drug-likeness (QED) is 0.0243. The van der Waals surface area contributed by atoms with Crippen molar-refractivity contribution in [1.82, 2.24) is 5.32 Å². The first-order chi connectivity index (χ1) is 33.5. The summed E-state index contributed by atoms with van der Waals surface area (Å²) in [4.78, 5) is 23.3. The number of allylic oxidation sites excluding steroid dienone is 5. The van der Waals surface area contributed by atoms with Gasteiger partial charge >= 0.3 is 7.82 Å². The van der Waals surface area contributed by atoms with Gasteiger partial charge in [0.2, 0.25) is 5.91 Å². The highest BCUT2D eigenvalue weighted by Gasteiger charge is 2.27. The van der Waals surface area contributed by atoms with Crippen molar-refractivity contribution in [2.24, 2.45) is 0 Å². The Balaban J connectivity index is 4.24. The Kier molecular flexibility index (Phi) is 50.7. The number of nitrogens with zero attached hydrogens (tertiary/aromatic N) is 1. The van der Waals surface area contributed by atoms with Crippen molar-refractivity contribution in [3.05, 3.63) is 36.5 Å². The number of hydrogen-bond acceptors (Lipinski definition) is 5. The molecular formula is C60H118N2O6P+. The number of hydrogen-bond donors (Lipinski definition) is 3. The number of carbonyl (C=O) groups is 1. The van der Waals surface area contributed by atoms with E-state index in [1.165, 1.54) is 225 Å². The number of aliphatic hydroxyl groups excluding tert-OH is 1. The highest BCUT2D eigenvalue weighted by atomic mass is 31.2. The number of quaternary nitrogens is 1. The molecule has 0 saturated heterocycles. The molecule has 9 heteroatoms. The van der Waals surface area contributed by atoms with Crippen molar-refractivity contribution in [3.8, 4) is 0 Å². The lowest BCUT2D eigenvalue weighted by molar-refractivity contribution is -0.870. The Hall–Kier alpha value is -1.28. The Morgan fingerprint density at radius 1 is 0.478 bits per heavy atom. The van der Waals surface area contributed by atoms with E-state index in [2.05, 4.69) is 43.5 Å². The standard InChI is InChI=1S/C60H117N2O6P/c1-6-8-10-12-14-16-18-20-22-24-26-28-30-32-33-35-37-39-41-43-45-47-49-51-53-59(63)58(57-68-69(65,66)67-56-55-62(3,4)5)61-60(64)54-52-50-48-46-44-42-40-38-36-34-31-29-27-25-23-21-19-17-15-13-11-9-7-2/h35,37,43,45,51,53,58-59,63H,6-34,36,38-42,44,46-50,52,54-57H2,1-5H3,(H-,61,64,65,66)/p+1/b37-35+,45-43+,53-51+. The van der Waals surface area contributed by atoms with Gasteiger partial charge in [-0.1, -0.05) is 275 Å². The van der Waals surface area contributed by atoms with Gasteiger partial charge < -0.3 is 19.8 Å². The van der Waals surface area contributed by atoms with E-state index in [-0.39, 0.29) is 19.1 Å². The molecule has 0 saturated carbocycles. The van der Waals surface area contributed by atoms with Crippen LogP contribution >= 0.6 is 7.82 Å². The Bertz CT molecular complexity index is 1220. The summed E-state index contributed by atoms with van der Waals surface area (Å²) in [6.45, 7) is 4.83. The first kappa shape index (κ1) is 67.7. The molecule has 69 heavy (non-hydrogen) atoms. The second-order valence-electron chi connectivity index (χ2n) is 21.7. The number of phosphoric acid groups is 1. The third-order valence-corrected chi connectivity index (χ3v) is 14.6. The number of likely N-dealkylation sites (N-methyl/N-ethyl adjacent to an activating group) is 1. The molecule has 0 spiro atoms. The summed E-state index contributed by atoms with van der Waals surface area (Å²) < 4.78 is 23.7. The van der Waals surface area contributed by atoms with Gasteiger partial charge in [0.15, 0.2) is 0 Å². The minimum atomic E-state index is -4.36. The van der Waals surface area contributed by atoms with Gasteiger partial charge in [-0.15, -0.1) is 0 Å². The lowest BCUT2D eigenvalue weighted by Gasteiger charge is -2.25. The lowest BCUT2D eigenvalue weighted by atomic mass is 10.0. The van der Waals surface area contributed by atoms with Crippen LogP contribution in [0.4, 0.5) is 0 Å². The Morgan fingerprint density at radius 2 is 0.797 bits per heavy atom. The van der Waals surface area contributed by atoms with Crippen LogP contribution in [0.1, 0.15) is 290 Å². The molecule has 0 aromatic rings. The summed E-state index contributed by atoms with van der Waals surface area (Å²) in [6, 6.07) is -0.868. The molecule has 8 nitrogen and oxygen atoms in total. The number of unbranched alkanes of at least 4 members (excludes halogenated alkanes) is 38. The zero-order chi connectivity index (χ0) is 50.6. The van der Waals surface area contributed by atoms with Crippen molar-refractivity contribution < 1.29 is 32.9 Å². The van der Waals surface area contributed by atoms with Crippen LogP contribution in [0.15, 0.2) is 36.5 Å². The van der Waals surface area contributed by atoms with Crippen LogP contribution in [0.25, 0.3) is 0 Å². The maximum absolute atomic E-state index is 13.0.